The molecule has 2 aliphatic rings. The average Bonchev–Trinajstić information content (AvgIpc) is 3.22. The molecule has 1 saturated carbocycles. The van der Waals surface area contributed by atoms with Gasteiger partial charge >= 0.3 is 0 Å². The second-order valence-corrected chi connectivity index (χ2v) is 7.34. The largest absolute Gasteiger partial charge is 0.361 e. The summed E-state index contributed by atoms with van der Waals surface area (Å²) in [4.78, 5) is 14.7. The first-order chi connectivity index (χ1) is 12.1. The lowest BCUT2D eigenvalue weighted by Crippen LogP contribution is -2.40. The third-order valence-corrected chi connectivity index (χ3v) is 5.22. The Bertz CT molecular complexity index is 742. The van der Waals surface area contributed by atoms with Crippen LogP contribution in [0.1, 0.15) is 48.0 Å². The van der Waals surface area contributed by atoms with Gasteiger partial charge in [0.25, 0.3) is 0 Å². The Labute approximate surface area is 147 Å². The summed E-state index contributed by atoms with van der Waals surface area (Å²) < 4.78 is 7.30. The third-order valence-electron chi connectivity index (χ3n) is 5.22. The number of nitrogens with one attached hydrogen (secondary N) is 1. The molecular weight excluding hydrogens is 318 g/mol. The number of nitrogens with zero attached hydrogens (tertiary/aromatic N) is 4. The number of fused-ring (bicyclic) bond motifs is 1. The van der Waals surface area contributed by atoms with Gasteiger partial charge in [-0.15, -0.1) is 0 Å². The van der Waals surface area contributed by atoms with E-state index < -0.39 is 0 Å². The van der Waals surface area contributed by atoms with Crippen LogP contribution in [0.5, 0.6) is 0 Å². The highest BCUT2D eigenvalue weighted by Gasteiger charge is 2.29. The number of aromatic nitrogens is 3. The van der Waals surface area contributed by atoms with E-state index in [1.807, 2.05) is 30.8 Å². The minimum Gasteiger partial charge on any atom is -0.361 e. The van der Waals surface area contributed by atoms with Crippen LogP contribution in [0.15, 0.2) is 16.8 Å². The van der Waals surface area contributed by atoms with E-state index in [9.17, 15) is 4.79 Å². The number of carbonyl (C=O) groups is 1. The van der Waals surface area contributed by atoms with Crippen LogP contribution in [0.4, 0.5) is 0 Å². The molecule has 0 saturated heterocycles. The van der Waals surface area contributed by atoms with Gasteiger partial charge in [-0.1, -0.05) is 5.16 Å². The number of hydrogen-bond donors (Lipinski definition) is 1. The second-order valence-electron chi connectivity index (χ2n) is 7.34. The summed E-state index contributed by atoms with van der Waals surface area (Å²) in [5.41, 5.74) is 3.23. The van der Waals surface area contributed by atoms with E-state index in [2.05, 4.69) is 20.5 Å². The molecule has 2 aromatic heterocycles. The van der Waals surface area contributed by atoms with Crippen LogP contribution >= 0.6 is 0 Å². The lowest BCUT2D eigenvalue weighted by Gasteiger charge is -2.33. The minimum atomic E-state index is 0.0680. The van der Waals surface area contributed by atoms with Gasteiger partial charge in [0.15, 0.2) is 0 Å². The van der Waals surface area contributed by atoms with E-state index in [1.54, 1.807) is 0 Å². The van der Waals surface area contributed by atoms with Gasteiger partial charge in [-0.3, -0.25) is 14.4 Å². The molecule has 1 fully saturated rings. The van der Waals surface area contributed by atoms with Gasteiger partial charge in [-0.05, 0) is 38.7 Å². The molecule has 1 amide bonds. The van der Waals surface area contributed by atoms with Crippen LogP contribution in [0.3, 0.4) is 0 Å². The summed E-state index contributed by atoms with van der Waals surface area (Å²) in [5, 5.41) is 11.6. The van der Waals surface area contributed by atoms with E-state index in [0.29, 0.717) is 12.3 Å². The highest BCUT2D eigenvalue weighted by molar-refractivity contribution is 5.76. The molecule has 0 aromatic carbocycles. The summed E-state index contributed by atoms with van der Waals surface area (Å²) >= 11 is 0. The zero-order valence-electron chi connectivity index (χ0n) is 14.9. The zero-order valence-corrected chi connectivity index (χ0v) is 14.9. The molecule has 3 heterocycles. The third kappa shape index (κ3) is 3.61. The smallest absolute Gasteiger partial charge is 0.222 e. The number of carbonyl (C=O) groups excluding carboxylic acids is 1. The normalized spacial score (nSPS) is 20.5. The predicted molar refractivity (Wildman–Crippen MR) is 91.7 cm³/mol. The zero-order chi connectivity index (χ0) is 17.4. The van der Waals surface area contributed by atoms with Crippen molar-refractivity contribution in [3.8, 4) is 0 Å². The van der Waals surface area contributed by atoms with Gasteiger partial charge in [-0.2, -0.15) is 5.10 Å². The Morgan fingerprint density at radius 1 is 1.40 bits per heavy atom. The van der Waals surface area contributed by atoms with Crippen molar-refractivity contribution >= 4 is 5.91 Å². The molecule has 0 unspecified atom stereocenters. The van der Waals surface area contributed by atoms with Crippen LogP contribution in [-0.2, 0) is 17.9 Å². The molecule has 1 N–H and O–H groups in total. The highest BCUT2D eigenvalue weighted by atomic mass is 16.5. The summed E-state index contributed by atoms with van der Waals surface area (Å²) in [7, 11) is 0. The van der Waals surface area contributed by atoms with Crippen molar-refractivity contribution in [3.05, 3.63) is 35.0 Å². The minimum absolute atomic E-state index is 0.0680. The fourth-order valence-electron chi connectivity index (χ4n) is 3.55. The second kappa shape index (κ2) is 6.63. The van der Waals surface area contributed by atoms with Gasteiger partial charge in [-0.25, -0.2) is 0 Å². The molecule has 25 heavy (non-hydrogen) atoms. The number of aryl methyl sites for hydroxylation is 2. The Kier molecular flexibility index (Phi) is 4.33. The first-order valence-electron chi connectivity index (χ1n) is 9.03. The molecule has 1 aliphatic heterocycles. The van der Waals surface area contributed by atoms with Crippen LogP contribution in [0.25, 0.3) is 0 Å². The Morgan fingerprint density at radius 2 is 2.24 bits per heavy atom. The van der Waals surface area contributed by atoms with Crippen molar-refractivity contribution in [1.29, 1.82) is 0 Å². The van der Waals surface area contributed by atoms with E-state index in [-0.39, 0.29) is 11.9 Å². The van der Waals surface area contributed by atoms with Gasteiger partial charge in [0.05, 0.1) is 23.9 Å². The fourth-order valence-corrected chi connectivity index (χ4v) is 3.55. The molecule has 7 nitrogen and oxygen atoms in total. The van der Waals surface area contributed by atoms with Gasteiger partial charge in [0.2, 0.25) is 5.91 Å². The highest BCUT2D eigenvalue weighted by Crippen LogP contribution is 2.28. The van der Waals surface area contributed by atoms with Crippen LogP contribution < -0.4 is 5.32 Å². The van der Waals surface area contributed by atoms with Crippen molar-refractivity contribution in [1.82, 2.24) is 25.2 Å². The quantitative estimate of drug-likeness (QED) is 0.868. The van der Waals surface area contributed by atoms with Crippen LogP contribution in [0, 0.1) is 19.8 Å². The standard InChI is InChI=1S/C18H25N5O2/c1-12-17(13(2)25-21-12)11-22-9-15-5-6-20-23(15)16(10-22)7-18(24)19-8-14-3-4-14/h5-6,14,16H,3-4,7-11H2,1-2H3,(H,19,24)/t16-/m1/s1. The van der Waals surface area contributed by atoms with Crippen molar-refractivity contribution in [3.63, 3.8) is 0 Å². The number of rotatable bonds is 6. The van der Waals surface area contributed by atoms with Crippen molar-refractivity contribution < 1.29 is 9.32 Å². The monoisotopic (exact) mass is 343 g/mol. The van der Waals surface area contributed by atoms with Crippen molar-refractivity contribution in [2.45, 2.75) is 52.2 Å². The molecule has 2 aromatic rings. The molecule has 4 rings (SSSR count). The van der Waals surface area contributed by atoms with Crippen molar-refractivity contribution in [2.24, 2.45) is 5.92 Å². The van der Waals surface area contributed by atoms with Crippen LogP contribution in [-0.4, -0.2) is 38.8 Å². The fraction of sp³-hybridized carbons (Fsp3) is 0.611. The SMILES string of the molecule is Cc1noc(C)c1CN1Cc2ccnn2[C@H](CC(=O)NCC2CC2)C1. The number of amides is 1. The molecule has 1 atom stereocenters. The maximum absolute atomic E-state index is 12.3. The molecule has 7 heteroatoms. The first kappa shape index (κ1) is 16.3. The molecular formula is C18H25N5O2. The molecule has 0 radical (unpaired) electrons. The predicted octanol–water partition coefficient (Wildman–Crippen LogP) is 1.96. The molecule has 1 aliphatic carbocycles. The van der Waals surface area contributed by atoms with E-state index in [1.165, 1.54) is 12.8 Å². The van der Waals surface area contributed by atoms with Gasteiger partial charge in [0, 0.05) is 37.9 Å². The lowest BCUT2D eigenvalue weighted by atomic mass is 10.1. The molecule has 0 spiro atoms. The summed E-state index contributed by atoms with van der Waals surface area (Å²) in [5.74, 6) is 1.69. The van der Waals surface area contributed by atoms with Crippen molar-refractivity contribution in [2.75, 3.05) is 13.1 Å². The first-order valence-corrected chi connectivity index (χ1v) is 9.03. The van der Waals surface area contributed by atoms with Gasteiger partial charge < -0.3 is 9.84 Å². The summed E-state index contributed by atoms with van der Waals surface area (Å²) in [6.07, 6.45) is 4.79. The lowest BCUT2D eigenvalue weighted by molar-refractivity contribution is -0.122. The van der Waals surface area contributed by atoms with E-state index in [0.717, 1.165) is 48.9 Å². The van der Waals surface area contributed by atoms with E-state index >= 15 is 0 Å². The number of hydrogen-bond acceptors (Lipinski definition) is 5. The Morgan fingerprint density at radius 3 is 2.96 bits per heavy atom. The Balaban J connectivity index is 1.44. The molecule has 134 valence electrons. The van der Waals surface area contributed by atoms with E-state index in [4.69, 9.17) is 4.52 Å². The summed E-state index contributed by atoms with van der Waals surface area (Å²) in [6, 6.07) is 2.10. The van der Waals surface area contributed by atoms with Gasteiger partial charge in [0.1, 0.15) is 5.76 Å². The molecule has 0 bridgehead atoms. The maximum Gasteiger partial charge on any atom is 0.222 e. The topological polar surface area (TPSA) is 76.2 Å². The van der Waals surface area contributed by atoms with Crippen LogP contribution in [0.2, 0.25) is 0 Å². The maximum atomic E-state index is 12.3. The summed E-state index contributed by atoms with van der Waals surface area (Å²) in [6.45, 7) is 7.15. The Hall–Kier alpha value is -2.15. The average molecular weight is 343 g/mol.